The van der Waals surface area contributed by atoms with E-state index in [0.717, 1.165) is 11.1 Å². The van der Waals surface area contributed by atoms with Crippen LogP contribution in [0, 0.1) is 5.92 Å². The number of carboxylic acid groups (broad SMARTS) is 1. The molecule has 0 aliphatic carbocycles. The average Bonchev–Trinajstić information content (AvgIpc) is 3.27. The van der Waals surface area contributed by atoms with Crippen LogP contribution >= 0.6 is 0 Å². The molecule has 0 spiro atoms. The molecule has 0 radical (unpaired) electrons. The number of carboxylic acids is 1. The van der Waals surface area contributed by atoms with Crippen LogP contribution in [0.3, 0.4) is 0 Å². The summed E-state index contributed by atoms with van der Waals surface area (Å²) in [7, 11) is 1.29. The highest BCUT2D eigenvalue weighted by atomic mass is 16.5. The molecule has 0 aliphatic rings. The summed E-state index contributed by atoms with van der Waals surface area (Å²) in [4.78, 5) is 114. The first-order valence-corrected chi connectivity index (χ1v) is 20.8. The SMILES string of the molecule is COC(=O)c1ccc(-c2ccc(C[C@H](NC(=O)CNC(=O)CNC(=O)[C@H](Cc3ccc(O)cc3)NC(=O)[C@H](C)NC(=O)[C@H](C)NC(=O)[C@H](C)N)C(=O)N[C@@H](CC(C)C)C(=O)O)cc2)cc1. The third kappa shape index (κ3) is 17.4. The molecule has 6 atom stereocenters. The first-order valence-electron chi connectivity index (χ1n) is 20.8. The highest BCUT2D eigenvalue weighted by Crippen LogP contribution is 2.21. The van der Waals surface area contributed by atoms with Crippen LogP contribution in [0.1, 0.15) is 62.5 Å². The van der Waals surface area contributed by atoms with Gasteiger partial charge in [-0.15, -0.1) is 0 Å². The summed E-state index contributed by atoms with van der Waals surface area (Å²) in [6.07, 6.45) is -0.0341. The van der Waals surface area contributed by atoms with E-state index >= 15 is 0 Å². The molecule has 65 heavy (non-hydrogen) atoms. The lowest BCUT2D eigenvalue weighted by Crippen LogP contribution is -2.57. The van der Waals surface area contributed by atoms with Crippen molar-refractivity contribution in [3.63, 3.8) is 0 Å². The van der Waals surface area contributed by atoms with Gasteiger partial charge in [-0.05, 0) is 79.6 Å². The molecule has 0 fully saturated rings. The summed E-state index contributed by atoms with van der Waals surface area (Å²) >= 11 is 0. The fourth-order valence-corrected chi connectivity index (χ4v) is 6.13. The molecule has 20 heteroatoms. The fourth-order valence-electron chi connectivity index (χ4n) is 6.13. The topological polar surface area (TPSA) is 314 Å². The number of hydrogen-bond acceptors (Lipinski definition) is 12. The molecular weight excluding hydrogens is 845 g/mol. The summed E-state index contributed by atoms with van der Waals surface area (Å²) < 4.78 is 4.74. The molecule has 3 aromatic carbocycles. The van der Waals surface area contributed by atoms with E-state index < -0.39 is 103 Å². The third-order valence-corrected chi connectivity index (χ3v) is 9.80. The number of ether oxygens (including phenoxy) is 1. The van der Waals surface area contributed by atoms with Crippen LogP contribution in [0.4, 0.5) is 0 Å². The zero-order chi connectivity index (χ0) is 48.4. The van der Waals surface area contributed by atoms with Gasteiger partial charge in [0.05, 0.1) is 31.8 Å². The molecule has 3 rings (SSSR count). The molecular formula is C45H58N8O12. The van der Waals surface area contributed by atoms with Crippen LogP contribution in [-0.2, 0) is 55.9 Å². The van der Waals surface area contributed by atoms with Gasteiger partial charge in [-0.1, -0.05) is 62.4 Å². The standard InChI is InChI=1S/C45H58N8O12/c1-24(2)19-36(44(62)63)53-43(61)35(21-28-7-11-30(12-8-28)31-13-15-32(16-14-31)45(64)65-6)51-38(56)23-47-37(55)22-48-42(60)34(20-29-9-17-33(54)18-10-29)52-41(59)27(5)50-40(58)26(4)49-39(57)25(3)46/h7-18,24-27,34-36,54H,19-23,46H2,1-6H3,(H,47,55)(H,48,60)(H,49,57)(H,50,58)(H,51,56)(H,52,59)(H,53,61)(H,62,63)/t25-,26-,27-,34-,35-,36-/m0/s1. The molecule has 11 N–H and O–H groups in total. The van der Waals surface area contributed by atoms with Crippen molar-refractivity contribution in [2.24, 2.45) is 11.7 Å². The minimum atomic E-state index is -1.29. The van der Waals surface area contributed by atoms with E-state index in [1.807, 2.05) is 0 Å². The molecule has 0 saturated heterocycles. The lowest BCUT2D eigenvalue weighted by Gasteiger charge is -2.23. The third-order valence-electron chi connectivity index (χ3n) is 9.80. The number of esters is 1. The van der Waals surface area contributed by atoms with Crippen molar-refractivity contribution in [1.29, 1.82) is 0 Å². The summed E-state index contributed by atoms with van der Waals surface area (Å²) in [5.41, 5.74) is 8.62. The molecule has 0 aliphatic heterocycles. The van der Waals surface area contributed by atoms with Crippen molar-refractivity contribution in [1.82, 2.24) is 37.2 Å². The minimum Gasteiger partial charge on any atom is -0.508 e. The summed E-state index contributed by atoms with van der Waals surface area (Å²) in [5.74, 6) is -7.10. The smallest absolute Gasteiger partial charge is 0.337 e. The Labute approximate surface area is 376 Å². The molecule has 3 aromatic rings. The minimum absolute atomic E-state index is 0.0419. The maximum Gasteiger partial charge on any atom is 0.337 e. The van der Waals surface area contributed by atoms with Crippen LogP contribution in [0.5, 0.6) is 5.75 Å². The van der Waals surface area contributed by atoms with E-state index in [1.54, 1.807) is 62.4 Å². The molecule has 0 aromatic heterocycles. The first kappa shape index (κ1) is 52.0. The van der Waals surface area contributed by atoms with Gasteiger partial charge >= 0.3 is 11.9 Å². The van der Waals surface area contributed by atoms with Crippen molar-refractivity contribution in [3.05, 3.63) is 89.5 Å². The maximum atomic E-state index is 13.5. The Morgan fingerprint density at radius 3 is 1.52 bits per heavy atom. The zero-order valence-electron chi connectivity index (χ0n) is 37.1. The normalized spacial score (nSPS) is 13.6. The van der Waals surface area contributed by atoms with E-state index in [2.05, 4.69) is 37.2 Å². The number of benzene rings is 3. The van der Waals surface area contributed by atoms with Crippen LogP contribution in [0.15, 0.2) is 72.8 Å². The number of methoxy groups -OCH3 is 1. The predicted octanol–water partition coefficient (Wildman–Crippen LogP) is -0.195. The predicted molar refractivity (Wildman–Crippen MR) is 236 cm³/mol. The van der Waals surface area contributed by atoms with Gasteiger partial charge in [0.1, 0.15) is 36.0 Å². The van der Waals surface area contributed by atoms with Gasteiger partial charge in [0.15, 0.2) is 0 Å². The van der Waals surface area contributed by atoms with E-state index in [1.165, 1.54) is 52.1 Å². The largest absolute Gasteiger partial charge is 0.508 e. The van der Waals surface area contributed by atoms with Gasteiger partial charge < -0.3 is 57.9 Å². The van der Waals surface area contributed by atoms with Gasteiger partial charge in [0.2, 0.25) is 41.4 Å². The van der Waals surface area contributed by atoms with Gasteiger partial charge in [-0.3, -0.25) is 33.6 Å². The molecule has 0 bridgehead atoms. The Morgan fingerprint density at radius 2 is 1.02 bits per heavy atom. The second kappa shape index (κ2) is 25.1. The molecule has 0 unspecified atom stereocenters. The number of nitrogens with one attached hydrogen (secondary N) is 7. The number of phenolic OH excluding ortho intramolecular Hbond substituents is 1. The van der Waals surface area contributed by atoms with E-state index in [4.69, 9.17) is 10.5 Å². The number of carbonyl (C=O) groups excluding carboxylic acids is 8. The monoisotopic (exact) mass is 902 g/mol. The maximum absolute atomic E-state index is 13.5. The van der Waals surface area contributed by atoms with Crippen LogP contribution in [0.25, 0.3) is 11.1 Å². The number of rotatable bonds is 23. The van der Waals surface area contributed by atoms with Gasteiger partial charge in [-0.25, -0.2) is 9.59 Å². The van der Waals surface area contributed by atoms with E-state index in [-0.39, 0.29) is 30.9 Å². The van der Waals surface area contributed by atoms with Crippen molar-refractivity contribution < 1.29 is 58.1 Å². The second-order valence-corrected chi connectivity index (χ2v) is 15.8. The number of aromatic hydroxyl groups is 1. The lowest BCUT2D eigenvalue weighted by atomic mass is 9.99. The van der Waals surface area contributed by atoms with Crippen LogP contribution in [0.2, 0.25) is 0 Å². The number of nitrogens with two attached hydrogens (primary N) is 1. The van der Waals surface area contributed by atoms with Crippen molar-refractivity contribution >= 4 is 53.3 Å². The van der Waals surface area contributed by atoms with E-state index in [0.29, 0.717) is 16.7 Å². The van der Waals surface area contributed by atoms with Crippen molar-refractivity contribution in [3.8, 4) is 16.9 Å². The molecule has 20 nitrogen and oxygen atoms in total. The van der Waals surface area contributed by atoms with Crippen LogP contribution in [-0.4, -0.2) is 120 Å². The fraction of sp³-hybridized carbons (Fsp3) is 0.400. The van der Waals surface area contributed by atoms with E-state index in [9.17, 15) is 53.4 Å². The number of aliphatic carboxylic acids is 1. The summed E-state index contributed by atoms with van der Waals surface area (Å²) in [6, 6.07) is 12.6. The Morgan fingerprint density at radius 1 is 0.554 bits per heavy atom. The molecule has 0 heterocycles. The lowest BCUT2D eigenvalue weighted by molar-refractivity contribution is -0.142. The van der Waals surface area contributed by atoms with Crippen LogP contribution < -0.4 is 43.0 Å². The Kier molecular flexibility index (Phi) is 20.1. The second-order valence-electron chi connectivity index (χ2n) is 15.8. The number of carbonyl (C=O) groups is 9. The quantitative estimate of drug-likeness (QED) is 0.0553. The van der Waals surface area contributed by atoms with Gasteiger partial charge in [0.25, 0.3) is 0 Å². The first-order chi connectivity index (χ1) is 30.7. The van der Waals surface area contributed by atoms with Gasteiger partial charge in [-0.2, -0.15) is 0 Å². The molecule has 7 amide bonds. The highest BCUT2D eigenvalue weighted by molar-refractivity contribution is 5.96. The summed E-state index contributed by atoms with van der Waals surface area (Å²) in [6.45, 7) is 6.50. The summed E-state index contributed by atoms with van der Waals surface area (Å²) in [5, 5.41) is 36.7. The highest BCUT2D eigenvalue weighted by Gasteiger charge is 2.29. The Hall–Kier alpha value is -7.35. The number of hydrogen-bond donors (Lipinski definition) is 10. The average molecular weight is 903 g/mol. The zero-order valence-corrected chi connectivity index (χ0v) is 37.1. The van der Waals surface area contributed by atoms with Gasteiger partial charge in [0, 0.05) is 12.8 Å². The molecule has 350 valence electrons. The Bertz CT molecular complexity index is 2160. The van der Waals surface area contributed by atoms with Crippen molar-refractivity contribution in [2.45, 2.75) is 90.1 Å². The Balaban J connectivity index is 1.67. The number of amides is 7. The molecule has 0 saturated carbocycles. The number of phenols is 1. The van der Waals surface area contributed by atoms with Crippen molar-refractivity contribution in [2.75, 3.05) is 20.2 Å².